The number of carbonyl (C=O) groups is 1. The number of hydrogen-bond acceptors (Lipinski definition) is 3. The predicted octanol–water partition coefficient (Wildman–Crippen LogP) is 2.51. The summed E-state index contributed by atoms with van der Waals surface area (Å²) in [6, 6.07) is 0. The minimum absolute atomic E-state index is 0.147. The van der Waals surface area contributed by atoms with Crippen molar-refractivity contribution in [3.05, 3.63) is 0 Å². The quantitative estimate of drug-likeness (QED) is 0.635. The molecule has 0 aromatic carbocycles. The van der Waals surface area contributed by atoms with E-state index in [-0.39, 0.29) is 11.4 Å². The first-order valence-electron chi connectivity index (χ1n) is 6.51. The van der Waals surface area contributed by atoms with Crippen molar-refractivity contribution < 1.29 is 9.63 Å². The third-order valence-electron chi connectivity index (χ3n) is 5.22. The standard InChI is InChI=1S/C13H17NO2/c15-12-4-11(14-16-12)13-5-8-1-9(6-13)3-10(2-8)7-13/h8-10H,1-7H2. The first-order valence-corrected chi connectivity index (χ1v) is 6.51. The summed E-state index contributed by atoms with van der Waals surface area (Å²) in [4.78, 5) is 16.0. The van der Waals surface area contributed by atoms with Gasteiger partial charge in [-0.05, 0) is 56.3 Å². The van der Waals surface area contributed by atoms with Gasteiger partial charge in [-0.2, -0.15) is 0 Å². The van der Waals surface area contributed by atoms with Gasteiger partial charge in [-0.3, -0.25) is 0 Å². The molecule has 1 heterocycles. The van der Waals surface area contributed by atoms with E-state index in [1.54, 1.807) is 0 Å². The van der Waals surface area contributed by atoms with Crippen molar-refractivity contribution in [2.24, 2.45) is 28.3 Å². The van der Waals surface area contributed by atoms with Crippen molar-refractivity contribution in [3.63, 3.8) is 0 Å². The number of carbonyl (C=O) groups excluding carboxylic acids is 1. The lowest BCUT2D eigenvalue weighted by atomic mass is 9.48. The summed E-state index contributed by atoms with van der Waals surface area (Å²) < 4.78 is 0. The molecule has 4 aliphatic carbocycles. The summed E-state index contributed by atoms with van der Waals surface area (Å²) >= 11 is 0. The molecule has 5 rings (SSSR count). The third kappa shape index (κ3) is 1.14. The van der Waals surface area contributed by atoms with E-state index in [9.17, 15) is 4.79 Å². The number of hydrogen-bond donors (Lipinski definition) is 0. The monoisotopic (exact) mass is 219 g/mol. The van der Waals surface area contributed by atoms with Crippen molar-refractivity contribution in [1.82, 2.24) is 0 Å². The molecule has 3 heteroatoms. The maximum Gasteiger partial charge on any atom is 0.340 e. The predicted molar refractivity (Wildman–Crippen MR) is 58.7 cm³/mol. The third-order valence-corrected chi connectivity index (χ3v) is 5.22. The molecule has 0 spiro atoms. The Balaban J connectivity index is 1.69. The van der Waals surface area contributed by atoms with Crippen LogP contribution in [0.2, 0.25) is 0 Å². The molecule has 1 aliphatic heterocycles. The highest BCUT2D eigenvalue weighted by atomic mass is 16.7. The number of rotatable bonds is 1. The van der Waals surface area contributed by atoms with E-state index in [1.807, 2.05) is 0 Å². The molecule has 0 atom stereocenters. The van der Waals surface area contributed by atoms with Gasteiger partial charge in [-0.15, -0.1) is 0 Å². The van der Waals surface area contributed by atoms with Gasteiger partial charge >= 0.3 is 5.97 Å². The van der Waals surface area contributed by atoms with Crippen LogP contribution < -0.4 is 0 Å². The summed E-state index contributed by atoms with van der Waals surface area (Å²) in [6.45, 7) is 0. The minimum atomic E-state index is -0.147. The molecule has 4 fully saturated rings. The zero-order valence-corrected chi connectivity index (χ0v) is 9.45. The van der Waals surface area contributed by atoms with Crippen LogP contribution >= 0.6 is 0 Å². The van der Waals surface area contributed by atoms with Gasteiger partial charge in [-0.25, -0.2) is 4.79 Å². The number of oxime groups is 1. The van der Waals surface area contributed by atoms with Crippen LogP contribution in [0.1, 0.15) is 44.9 Å². The first-order chi connectivity index (χ1) is 7.73. The molecular formula is C13H17NO2. The molecule has 16 heavy (non-hydrogen) atoms. The lowest BCUT2D eigenvalue weighted by Gasteiger charge is -2.56. The highest BCUT2D eigenvalue weighted by Crippen LogP contribution is 2.61. The molecule has 0 aromatic rings. The lowest BCUT2D eigenvalue weighted by Crippen LogP contribution is -2.49. The van der Waals surface area contributed by atoms with E-state index in [0.717, 1.165) is 23.5 Å². The normalized spacial score (nSPS) is 49.4. The average Bonchev–Trinajstić information content (AvgIpc) is 2.63. The van der Waals surface area contributed by atoms with Crippen LogP contribution in [0.15, 0.2) is 5.16 Å². The Kier molecular flexibility index (Phi) is 1.65. The fourth-order valence-electron chi connectivity index (χ4n) is 5.06. The molecule has 86 valence electrons. The van der Waals surface area contributed by atoms with Gasteiger partial charge in [0.25, 0.3) is 0 Å². The van der Waals surface area contributed by atoms with E-state index >= 15 is 0 Å². The molecule has 0 saturated heterocycles. The zero-order valence-electron chi connectivity index (χ0n) is 9.45. The van der Waals surface area contributed by atoms with Crippen molar-refractivity contribution in [1.29, 1.82) is 0 Å². The maximum absolute atomic E-state index is 11.2. The fourth-order valence-corrected chi connectivity index (χ4v) is 5.06. The van der Waals surface area contributed by atoms with E-state index < -0.39 is 0 Å². The van der Waals surface area contributed by atoms with E-state index in [1.165, 1.54) is 38.5 Å². The first kappa shape index (κ1) is 9.20. The van der Waals surface area contributed by atoms with Gasteiger partial charge in [0, 0.05) is 5.41 Å². The van der Waals surface area contributed by atoms with Crippen LogP contribution in [0.5, 0.6) is 0 Å². The van der Waals surface area contributed by atoms with Gasteiger partial charge in [-0.1, -0.05) is 5.16 Å². The minimum Gasteiger partial charge on any atom is -0.318 e. The van der Waals surface area contributed by atoms with Crippen molar-refractivity contribution in [2.75, 3.05) is 0 Å². The smallest absolute Gasteiger partial charge is 0.318 e. The Morgan fingerprint density at radius 3 is 2.06 bits per heavy atom. The molecule has 0 radical (unpaired) electrons. The van der Waals surface area contributed by atoms with Crippen molar-refractivity contribution in [2.45, 2.75) is 44.9 Å². The summed E-state index contributed by atoms with van der Waals surface area (Å²) in [5, 5.41) is 4.07. The van der Waals surface area contributed by atoms with Gasteiger partial charge in [0.1, 0.15) is 0 Å². The van der Waals surface area contributed by atoms with E-state index in [2.05, 4.69) is 5.16 Å². The molecule has 4 saturated carbocycles. The van der Waals surface area contributed by atoms with Crippen LogP contribution in [-0.2, 0) is 9.63 Å². The van der Waals surface area contributed by atoms with Crippen LogP contribution in [0.25, 0.3) is 0 Å². The molecule has 4 bridgehead atoms. The van der Waals surface area contributed by atoms with Crippen LogP contribution in [-0.4, -0.2) is 11.7 Å². The maximum atomic E-state index is 11.2. The van der Waals surface area contributed by atoms with Crippen LogP contribution in [0.4, 0.5) is 0 Å². The summed E-state index contributed by atoms with van der Waals surface area (Å²) in [5.74, 6) is 2.57. The molecule has 3 nitrogen and oxygen atoms in total. The Hall–Kier alpha value is -0.860. The molecular weight excluding hydrogens is 202 g/mol. The largest absolute Gasteiger partial charge is 0.340 e. The second-order valence-corrected chi connectivity index (χ2v) is 6.38. The van der Waals surface area contributed by atoms with Gasteiger partial charge in [0.05, 0.1) is 12.1 Å². The highest BCUT2D eigenvalue weighted by Gasteiger charge is 2.54. The Morgan fingerprint density at radius 2 is 1.62 bits per heavy atom. The second kappa shape index (κ2) is 2.88. The average molecular weight is 219 g/mol. The Labute approximate surface area is 95.2 Å². The Morgan fingerprint density at radius 1 is 1.06 bits per heavy atom. The molecule has 0 N–H and O–H groups in total. The number of nitrogens with zero attached hydrogens (tertiary/aromatic N) is 1. The van der Waals surface area contributed by atoms with Crippen LogP contribution in [0.3, 0.4) is 0 Å². The van der Waals surface area contributed by atoms with Crippen LogP contribution in [0, 0.1) is 23.2 Å². The van der Waals surface area contributed by atoms with E-state index in [4.69, 9.17) is 4.84 Å². The van der Waals surface area contributed by atoms with Crippen molar-refractivity contribution >= 4 is 11.7 Å². The summed E-state index contributed by atoms with van der Waals surface area (Å²) in [7, 11) is 0. The zero-order chi connectivity index (χ0) is 10.8. The van der Waals surface area contributed by atoms with Gasteiger partial charge in [0.15, 0.2) is 0 Å². The summed E-state index contributed by atoms with van der Waals surface area (Å²) in [6.07, 6.45) is 8.58. The SMILES string of the molecule is O=C1CC(C23CC4CC(CC(C4)C2)C3)=NO1. The molecule has 0 amide bonds. The second-order valence-electron chi connectivity index (χ2n) is 6.38. The highest BCUT2D eigenvalue weighted by molar-refractivity contribution is 6.05. The van der Waals surface area contributed by atoms with Crippen molar-refractivity contribution in [3.8, 4) is 0 Å². The summed E-state index contributed by atoms with van der Waals surface area (Å²) in [5.41, 5.74) is 1.34. The van der Waals surface area contributed by atoms with Gasteiger partial charge < -0.3 is 4.84 Å². The Bertz CT molecular complexity index is 350. The fraction of sp³-hybridized carbons (Fsp3) is 0.846. The topological polar surface area (TPSA) is 38.7 Å². The molecule has 0 aromatic heterocycles. The lowest BCUT2D eigenvalue weighted by molar-refractivity contribution is -0.140. The molecule has 0 unspecified atom stereocenters. The van der Waals surface area contributed by atoms with E-state index in [0.29, 0.717) is 6.42 Å². The molecule has 5 aliphatic rings. The van der Waals surface area contributed by atoms with Gasteiger partial charge in [0.2, 0.25) is 0 Å².